The van der Waals surface area contributed by atoms with Gasteiger partial charge in [-0.15, -0.1) is 0 Å². The Labute approximate surface area is 176 Å². The van der Waals surface area contributed by atoms with E-state index >= 15 is 0 Å². The second-order valence-corrected chi connectivity index (χ2v) is 9.37. The number of alkyl halides is 3. The Morgan fingerprint density at radius 2 is 1.14 bits per heavy atom. The molecule has 29 heavy (non-hydrogen) atoms. The van der Waals surface area contributed by atoms with Crippen LogP contribution in [-0.4, -0.2) is 31.1 Å². The molecule has 0 bridgehead atoms. The zero-order chi connectivity index (χ0) is 21.0. The van der Waals surface area contributed by atoms with E-state index in [4.69, 9.17) is 9.47 Å². The third-order valence-corrected chi connectivity index (χ3v) is 6.75. The molecule has 0 heterocycles. The third-order valence-electron chi connectivity index (χ3n) is 6.75. The topological polar surface area (TPSA) is 18.5 Å². The van der Waals surface area contributed by atoms with Crippen molar-refractivity contribution in [3.05, 3.63) is 0 Å². The van der Waals surface area contributed by atoms with Crippen LogP contribution < -0.4 is 0 Å². The lowest BCUT2D eigenvalue weighted by atomic mass is 9.83. The molecular weight excluding hydrogens is 377 g/mol. The van der Waals surface area contributed by atoms with E-state index < -0.39 is 12.8 Å². The Morgan fingerprint density at radius 1 is 0.655 bits per heavy atom. The van der Waals surface area contributed by atoms with Crippen LogP contribution >= 0.6 is 0 Å². The molecule has 0 N–H and O–H groups in total. The van der Waals surface area contributed by atoms with Crippen molar-refractivity contribution in [3.63, 3.8) is 0 Å². The Balaban J connectivity index is 1.46. The molecule has 0 radical (unpaired) electrons. The normalized spacial score (nSPS) is 28.6. The predicted molar refractivity (Wildman–Crippen MR) is 112 cm³/mol. The molecule has 2 aliphatic carbocycles. The minimum Gasteiger partial charge on any atom is -0.375 e. The minimum atomic E-state index is -4.22. The highest BCUT2D eigenvalue weighted by Gasteiger charge is 2.32. The quantitative estimate of drug-likeness (QED) is 0.281. The molecule has 0 aromatic rings. The van der Waals surface area contributed by atoms with E-state index in [9.17, 15) is 13.2 Å². The van der Waals surface area contributed by atoms with Gasteiger partial charge in [0.15, 0.2) is 0 Å². The molecule has 2 aliphatic rings. The zero-order valence-corrected chi connectivity index (χ0v) is 18.5. The fraction of sp³-hybridized carbons (Fsp3) is 1.00. The number of unbranched alkanes of at least 4 members (excludes halogenated alkanes) is 7. The lowest BCUT2D eigenvalue weighted by Crippen LogP contribution is -2.33. The SMILES string of the molecule is CCCCCCCCCCC1CCC(OC2CCC(OCC(F)(F)F)CC2)CC1. The lowest BCUT2D eigenvalue weighted by Gasteiger charge is -2.34. The molecule has 0 unspecified atom stereocenters. The van der Waals surface area contributed by atoms with Gasteiger partial charge in [-0.2, -0.15) is 13.2 Å². The van der Waals surface area contributed by atoms with E-state index in [0.29, 0.717) is 18.9 Å². The van der Waals surface area contributed by atoms with Gasteiger partial charge in [0.05, 0.1) is 18.3 Å². The average molecular weight is 421 g/mol. The van der Waals surface area contributed by atoms with Gasteiger partial charge in [-0.05, 0) is 57.3 Å². The van der Waals surface area contributed by atoms with Gasteiger partial charge in [-0.3, -0.25) is 0 Å². The summed E-state index contributed by atoms with van der Waals surface area (Å²) < 4.78 is 48.0. The number of ether oxygens (including phenoxy) is 2. The van der Waals surface area contributed by atoms with Crippen LogP contribution in [0.2, 0.25) is 0 Å². The van der Waals surface area contributed by atoms with Crippen LogP contribution in [0.1, 0.15) is 116 Å². The number of halogens is 3. The highest BCUT2D eigenvalue weighted by molar-refractivity contribution is 4.78. The monoisotopic (exact) mass is 420 g/mol. The maximum Gasteiger partial charge on any atom is 0.411 e. The first-order chi connectivity index (χ1) is 14.0. The minimum absolute atomic E-state index is 0.218. The van der Waals surface area contributed by atoms with Crippen molar-refractivity contribution in [2.24, 2.45) is 5.92 Å². The maximum atomic E-state index is 12.3. The first-order valence-electron chi connectivity index (χ1n) is 12.3. The van der Waals surface area contributed by atoms with Crippen molar-refractivity contribution in [3.8, 4) is 0 Å². The molecule has 2 rings (SSSR count). The fourth-order valence-electron chi connectivity index (χ4n) is 4.94. The molecule has 0 aromatic heterocycles. The molecule has 2 nitrogen and oxygen atoms in total. The molecular formula is C24H43F3O2. The van der Waals surface area contributed by atoms with Crippen LogP contribution in [0.4, 0.5) is 13.2 Å². The van der Waals surface area contributed by atoms with E-state index in [1.807, 2.05) is 0 Å². The second-order valence-electron chi connectivity index (χ2n) is 9.37. The first-order valence-corrected chi connectivity index (χ1v) is 12.3. The van der Waals surface area contributed by atoms with Crippen LogP contribution in [0.5, 0.6) is 0 Å². The van der Waals surface area contributed by atoms with Crippen LogP contribution in [0, 0.1) is 5.92 Å². The van der Waals surface area contributed by atoms with E-state index in [-0.39, 0.29) is 12.2 Å². The van der Waals surface area contributed by atoms with Crippen LogP contribution in [0.3, 0.4) is 0 Å². The molecule has 5 heteroatoms. The molecule has 0 atom stereocenters. The van der Waals surface area contributed by atoms with E-state index in [1.165, 1.54) is 70.6 Å². The summed E-state index contributed by atoms with van der Waals surface area (Å²) in [5.41, 5.74) is 0. The van der Waals surface area contributed by atoms with Crippen molar-refractivity contribution in [2.75, 3.05) is 6.61 Å². The van der Waals surface area contributed by atoms with Crippen molar-refractivity contribution in [1.82, 2.24) is 0 Å². The average Bonchev–Trinajstić information content (AvgIpc) is 2.70. The van der Waals surface area contributed by atoms with E-state index in [2.05, 4.69) is 6.92 Å². The van der Waals surface area contributed by atoms with Crippen molar-refractivity contribution in [2.45, 2.75) is 141 Å². The van der Waals surface area contributed by atoms with Crippen molar-refractivity contribution < 1.29 is 22.6 Å². The third kappa shape index (κ3) is 11.6. The zero-order valence-electron chi connectivity index (χ0n) is 18.5. The fourth-order valence-corrected chi connectivity index (χ4v) is 4.94. The summed E-state index contributed by atoms with van der Waals surface area (Å²) in [5, 5.41) is 0. The molecule has 0 aromatic carbocycles. The summed E-state index contributed by atoms with van der Waals surface area (Å²) >= 11 is 0. The molecule has 2 saturated carbocycles. The van der Waals surface area contributed by atoms with Gasteiger partial charge in [0.2, 0.25) is 0 Å². The number of hydrogen-bond acceptors (Lipinski definition) is 2. The smallest absolute Gasteiger partial charge is 0.375 e. The number of rotatable bonds is 13. The van der Waals surface area contributed by atoms with Crippen molar-refractivity contribution >= 4 is 0 Å². The lowest BCUT2D eigenvalue weighted by molar-refractivity contribution is -0.190. The van der Waals surface area contributed by atoms with Crippen molar-refractivity contribution in [1.29, 1.82) is 0 Å². The highest BCUT2D eigenvalue weighted by atomic mass is 19.4. The van der Waals surface area contributed by atoms with Crippen LogP contribution in [-0.2, 0) is 9.47 Å². The summed E-state index contributed by atoms with van der Waals surface area (Å²) in [6.07, 6.45) is 16.5. The molecule has 172 valence electrons. The van der Waals surface area contributed by atoms with Gasteiger partial charge in [-0.1, -0.05) is 64.7 Å². The standard InChI is InChI=1S/C24H43F3O2/c1-2-3-4-5-6-7-8-9-10-20-11-13-22(14-12-20)29-23-17-15-21(16-18-23)28-19-24(25,26)27/h20-23H,2-19H2,1H3. The Kier molecular flexibility index (Phi) is 12.0. The van der Waals surface area contributed by atoms with E-state index in [0.717, 1.165) is 31.6 Å². The van der Waals surface area contributed by atoms with E-state index in [1.54, 1.807) is 0 Å². The van der Waals surface area contributed by atoms with Crippen LogP contribution in [0.15, 0.2) is 0 Å². The van der Waals surface area contributed by atoms with Gasteiger partial charge in [0, 0.05) is 0 Å². The van der Waals surface area contributed by atoms with Gasteiger partial charge in [-0.25, -0.2) is 0 Å². The van der Waals surface area contributed by atoms with Gasteiger partial charge in [0.25, 0.3) is 0 Å². The molecule has 0 amide bonds. The summed E-state index contributed by atoms with van der Waals surface area (Å²) in [6.45, 7) is 1.15. The Morgan fingerprint density at radius 3 is 1.69 bits per heavy atom. The van der Waals surface area contributed by atoms with Gasteiger partial charge >= 0.3 is 6.18 Å². The molecule has 2 fully saturated rings. The number of hydrogen-bond donors (Lipinski definition) is 0. The largest absolute Gasteiger partial charge is 0.411 e. The summed E-state index contributed by atoms with van der Waals surface area (Å²) in [6, 6.07) is 0. The molecule has 0 spiro atoms. The predicted octanol–water partition coefficient (Wildman–Crippen LogP) is 7.98. The Hall–Kier alpha value is -0.290. The van der Waals surface area contributed by atoms with Crippen LogP contribution in [0.25, 0.3) is 0 Å². The Bertz CT molecular complexity index is 397. The summed E-state index contributed by atoms with van der Waals surface area (Å²) in [7, 11) is 0. The van der Waals surface area contributed by atoms with Gasteiger partial charge < -0.3 is 9.47 Å². The van der Waals surface area contributed by atoms with Gasteiger partial charge in [0.1, 0.15) is 6.61 Å². The molecule has 0 aliphatic heterocycles. The maximum absolute atomic E-state index is 12.3. The highest BCUT2D eigenvalue weighted by Crippen LogP contribution is 2.33. The first kappa shape index (κ1) is 25.0. The second kappa shape index (κ2) is 13.9. The molecule has 0 saturated heterocycles. The summed E-state index contributed by atoms with van der Waals surface area (Å²) in [4.78, 5) is 0. The summed E-state index contributed by atoms with van der Waals surface area (Å²) in [5.74, 6) is 0.876.